The van der Waals surface area contributed by atoms with Crippen LogP contribution in [0.25, 0.3) is 11.3 Å². The van der Waals surface area contributed by atoms with Crippen LogP contribution < -0.4 is 5.32 Å². The number of ketones is 1. The summed E-state index contributed by atoms with van der Waals surface area (Å²) in [5.74, 6) is -0.824. The van der Waals surface area contributed by atoms with Gasteiger partial charge in [0.2, 0.25) is 0 Å². The quantitative estimate of drug-likeness (QED) is 0.674. The number of benzene rings is 1. The van der Waals surface area contributed by atoms with Crippen molar-refractivity contribution in [3.8, 4) is 11.3 Å². The highest BCUT2D eigenvalue weighted by Gasteiger charge is 2.26. The fourth-order valence-corrected chi connectivity index (χ4v) is 3.09. The largest absolute Gasteiger partial charge is 0.360 e. The Morgan fingerprint density at radius 1 is 1.30 bits per heavy atom. The van der Waals surface area contributed by atoms with Crippen LogP contribution in [0.15, 0.2) is 41.1 Å². The van der Waals surface area contributed by atoms with Crippen molar-refractivity contribution in [1.82, 2.24) is 15.5 Å². The van der Waals surface area contributed by atoms with E-state index < -0.39 is 5.82 Å². The molecule has 4 rings (SSSR count). The fraction of sp³-hybridized carbons (Fsp3) is 0.250. The molecular weight excluding hydrogens is 349 g/mol. The summed E-state index contributed by atoms with van der Waals surface area (Å²) in [7, 11) is 0. The molecule has 0 radical (unpaired) electrons. The topological polar surface area (TPSA) is 88.0 Å². The zero-order chi connectivity index (χ0) is 19.0. The number of nitrogens with one attached hydrogen (secondary N) is 2. The van der Waals surface area contributed by atoms with Crippen LogP contribution in [-0.4, -0.2) is 27.9 Å². The maximum atomic E-state index is 14.1. The van der Waals surface area contributed by atoms with E-state index in [1.807, 2.05) is 0 Å². The summed E-state index contributed by atoms with van der Waals surface area (Å²) in [6.07, 6.45) is 4.54. The van der Waals surface area contributed by atoms with Crippen LogP contribution in [0.3, 0.4) is 0 Å². The van der Waals surface area contributed by atoms with Crippen molar-refractivity contribution in [1.29, 1.82) is 0 Å². The Balaban J connectivity index is 1.63. The van der Waals surface area contributed by atoms with Crippen LogP contribution in [0, 0.1) is 12.7 Å². The van der Waals surface area contributed by atoms with Gasteiger partial charge in [-0.2, -0.15) is 0 Å². The molecular formula is C20H18FN3O3. The molecule has 1 saturated carbocycles. The zero-order valence-corrected chi connectivity index (χ0v) is 14.7. The molecule has 7 heteroatoms. The molecule has 3 aromatic rings. The summed E-state index contributed by atoms with van der Waals surface area (Å²) >= 11 is 0. The molecule has 2 heterocycles. The minimum Gasteiger partial charge on any atom is -0.360 e. The number of aromatic amines is 1. The van der Waals surface area contributed by atoms with E-state index >= 15 is 0 Å². The number of rotatable bonds is 5. The Kier molecular flexibility index (Phi) is 4.35. The maximum Gasteiger partial charge on any atom is 0.267 e. The molecule has 138 valence electrons. The van der Waals surface area contributed by atoms with Crippen LogP contribution in [0.5, 0.6) is 0 Å². The van der Waals surface area contributed by atoms with Crippen molar-refractivity contribution in [3.63, 3.8) is 0 Å². The van der Waals surface area contributed by atoms with Crippen LogP contribution in [0.4, 0.5) is 4.39 Å². The van der Waals surface area contributed by atoms with E-state index in [1.165, 1.54) is 24.4 Å². The Morgan fingerprint density at radius 3 is 2.78 bits per heavy atom. The number of aryl methyl sites for hydroxylation is 1. The van der Waals surface area contributed by atoms with Gasteiger partial charge in [0.15, 0.2) is 5.78 Å². The Morgan fingerprint density at radius 2 is 2.07 bits per heavy atom. The lowest BCUT2D eigenvalue weighted by molar-refractivity contribution is 0.0912. The molecule has 2 N–H and O–H groups in total. The van der Waals surface area contributed by atoms with Crippen molar-refractivity contribution in [2.45, 2.75) is 32.2 Å². The summed E-state index contributed by atoms with van der Waals surface area (Å²) in [6, 6.07) is 7.76. The highest BCUT2D eigenvalue weighted by Crippen LogP contribution is 2.29. The second-order valence-corrected chi connectivity index (χ2v) is 6.67. The Labute approximate surface area is 154 Å². The summed E-state index contributed by atoms with van der Waals surface area (Å²) in [5, 5.41) is 6.78. The van der Waals surface area contributed by atoms with E-state index in [-0.39, 0.29) is 40.1 Å². The van der Waals surface area contributed by atoms with Gasteiger partial charge in [0.05, 0.1) is 5.56 Å². The third-order valence-corrected chi connectivity index (χ3v) is 4.85. The van der Waals surface area contributed by atoms with Gasteiger partial charge in [-0.05, 0) is 44.4 Å². The summed E-state index contributed by atoms with van der Waals surface area (Å²) in [4.78, 5) is 28.1. The van der Waals surface area contributed by atoms with Gasteiger partial charge >= 0.3 is 0 Å². The van der Waals surface area contributed by atoms with E-state index in [4.69, 9.17) is 4.52 Å². The number of carbonyl (C=O) groups is 2. The van der Waals surface area contributed by atoms with Crippen LogP contribution in [-0.2, 0) is 0 Å². The number of halogens is 1. The third kappa shape index (κ3) is 3.16. The molecule has 27 heavy (non-hydrogen) atoms. The Hall–Kier alpha value is -3.22. The van der Waals surface area contributed by atoms with Gasteiger partial charge in [-0.3, -0.25) is 9.59 Å². The fourth-order valence-electron chi connectivity index (χ4n) is 3.09. The molecule has 1 aromatic carbocycles. The maximum absolute atomic E-state index is 14.1. The summed E-state index contributed by atoms with van der Waals surface area (Å²) < 4.78 is 19.3. The molecule has 1 fully saturated rings. The molecule has 0 atom stereocenters. The van der Waals surface area contributed by atoms with Crippen molar-refractivity contribution in [2.75, 3.05) is 0 Å². The molecule has 1 aliphatic carbocycles. The van der Waals surface area contributed by atoms with Crippen LogP contribution >= 0.6 is 0 Å². The van der Waals surface area contributed by atoms with Crippen molar-refractivity contribution >= 4 is 11.7 Å². The number of amides is 1. The molecule has 2 aromatic heterocycles. The van der Waals surface area contributed by atoms with Gasteiger partial charge in [-0.1, -0.05) is 17.3 Å². The van der Waals surface area contributed by atoms with Gasteiger partial charge in [0, 0.05) is 23.4 Å². The minimum absolute atomic E-state index is 0.150. The lowest BCUT2D eigenvalue weighted by Crippen LogP contribution is -2.39. The third-order valence-electron chi connectivity index (χ3n) is 4.85. The average molecular weight is 367 g/mol. The predicted octanol–water partition coefficient (Wildman–Crippen LogP) is 3.63. The van der Waals surface area contributed by atoms with Crippen LogP contribution in [0.1, 0.15) is 51.4 Å². The number of H-pyrrole nitrogens is 1. The van der Waals surface area contributed by atoms with Gasteiger partial charge in [-0.25, -0.2) is 4.39 Å². The SMILES string of the molecule is Cc1onc(-c2ccccc2F)c1C(=O)c1c[nH]c(C(=O)NC2CCC2)c1. The van der Waals surface area contributed by atoms with E-state index in [1.54, 1.807) is 19.1 Å². The summed E-state index contributed by atoms with van der Waals surface area (Å²) in [5.41, 5.74) is 1.13. The van der Waals surface area contributed by atoms with Gasteiger partial charge in [0.25, 0.3) is 5.91 Å². The van der Waals surface area contributed by atoms with E-state index in [9.17, 15) is 14.0 Å². The van der Waals surface area contributed by atoms with E-state index in [2.05, 4.69) is 15.5 Å². The minimum atomic E-state index is -0.491. The first-order valence-corrected chi connectivity index (χ1v) is 8.79. The highest BCUT2D eigenvalue weighted by atomic mass is 19.1. The molecule has 0 aliphatic heterocycles. The van der Waals surface area contributed by atoms with Gasteiger partial charge < -0.3 is 14.8 Å². The molecule has 0 bridgehead atoms. The predicted molar refractivity (Wildman–Crippen MR) is 96.0 cm³/mol. The molecule has 0 unspecified atom stereocenters. The van der Waals surface area contributed by atoms with Gasteiger partial charge in [-0.15, -0.1) is 0 Å². The lowest BCUT2D eigenvalue weighted by atomic mass is 9.93. The van der Waals surface area contributed by atoms with E-state index in [0.717, 1.165) is 19.3 Å². The first-order chi connectivity index (χ1) is 13.0. The second-order valence-electron chi connectivity index (χ2n) is 6.67. The number of hydrogen-bond acceptors (Lipinski definition) is 4. The molecule has 6 nitrogen and oxygen atoms in total. The molecule has 1 amide bonds. The van der Waals surface area contributed by atoms with Crippen molar-refractivity contribution in [3.05, 3.63) is 64.9 Å². The number of hydrogen-bond donors (Lipinski definition) is 2. The van der Waals surface area contributed by atoms with Crippen molar-refractivity contribution in [2.24, 2.45) is 0 Å². The average Bonchev–Trinajstić information content (AvgIpc) is 3.25. The molecule has 1 aliphatic rings. The van der Waals surface area contributed by atoms with Crippen molar-refractivity contribution < 1.29 is 18.5 Å². The van der Waals surface area contributed by atoms with E-state index in [0.29, 0.717) is 11.5 Å². The zero-order valence-electron chi connectivity index (χ0n) is 14.7. The molecule has 0 saturated heterocycles. The summed E-state index contributed by atoms with van der Waals surface area (Å²) in [6.45, 7) is 1.60. The first kappa shape index (κ1) is 17.2. The number of aromatic nitrogens is 2. The first-order valence-electron chi connectivity index (χ1n) is 8.79. The monoisotopic (exact) mass is 367 g/mol. The second kappa shape index (κ2) is 6.83. The highest BCUT2D eigenvalue weighted by molar-refractivity contribution is 6.13. The standard InChI is InChI=1S/C20H18FN3O3/c1-11-17(18(24-27-11)14-7-2-3-8-15(14)21)19(25)12-9-16(22-10-12)20(26)23-13-5-4-6-13/h2-3,7-10,13,22H,4-6H2,1H3,(H,23,26). The lowest BCUT2D eigenvalue weighted by Gasteiger charge is -2.25. The Bertz CT molecular complexity index is 1020. The van der Waals surface area contributed by atoms with Crippen LogP contribution in [0.2, 0.25) is 0 Å². The number of nitrogens with zero attached hydrogens (tertiary/aromatic N) is 1. The normalized spacial score (nSPS) is 14.0. The smallest absolute Gasteiger partial charge is 0.267 e. The van der Waals surface area contributed by atoms with Gasteiger partial charge in [0.1, 0.15) is 23.0 Å². The number of carbonyl (C=O) groups excluding carboxylic acids is 2. The molecule has 0 spiro atoms.